The summed E-state index contributed by atoms with van der Waals surface area (Å²) in [5.41, 5.74) is 0. The first kappa shape index (κ1) is 41.3. The molecule has 28 heavy (non-hydrogen) atoms. The third-order valence-electron chi connectivity index (χ3n) is 3.72. The molecule has 0 saturated carbocycles. The molecule has 0 heterocycles. The quantitative estimate of drug-likeness (QED) is 0.180. The van der Waals surface area contributed by atoms with Crippen LogP contribution in [0.25, 0.3) is 0 Å². The van der Waals surface area contributed by atoms with Crippen molar-refractivity contribution in [3.63, 3.8) is 0 Å². The van der Waals surface area contributed by atoms with Crippen LogP contribution in [-0.2, 0) is 150 Å². The molecule has 4 radical (unpaired) electrons. The van der Waals surface area contributed by atoms with Gasteiger partial charge in [0, 0.05) is 157 Å². The van der Waals surface area contributed by atoms with Crippen LogP contribution in [0.4, 0.5) is 0 Å². The normalized spacial score (nSPS) is 9.57. The average Bonchev–Trinajstić information content (AvgIpc) is 2.60. The van der Waals surface area contributed by atoms with Crippen LogP contribution in [0.15, 0.2) is 0 Å². The maximum absolute atomic E-state index is 10.4. The fraction of sp³-hybridized carbons (Fsp3) is 0.765. The molecule has 0 aliphatic carbocycles. The maximum atomic E-state index is 10.4. The Bertz CT molecular complexity index is 313. The van der Waals surface area contributed by atoms with Crippen molar-refractivity contribution in [1.82, 2.24) is 14.7 Å². The second-order valence-corrected chi connectivity index (χ2v) is 5.56. The molecule has 0 saturated heterocycles. The van der Waals surface area contributed by atoms with Crippen molar-refractivity contribution >= 4 is 25.1 Å². The van der Waals surface area contributed by atoms with E-state index in [1.807, 2.05) is 42.0 Å². The number of likely N-dealkylation sites (N-methyl/N-ethyl adjacent to an activating group) is 1. The van der Waals surface area contributed by atoms with Crippen molar-refractivity contribution in [1.29, 1.82) is 0 Å². The smallest absolute Gasteiger partial charge is 0.0107 e. The second-order valence-electron chi connectivity index (χ2n) is 5.56. The van der Waals surface area contributed by atoms with Gasteiger partial charge < -0.3 is 33.9 Å². The topological polar surface area (TPSA) is 78.0 Å². The third-order valence-corrected chi connectivity index (χ3v) is 3.72. The minimum absolute atomic E-state index is 0. The van der Waals surface area contributed by atoms with Gasteiger partial charge in [0.2, 0.25) is 0 Å². The molecule has 0 amide bonds. The van der Waals surface area contributed by atoms with Crippen LogP contribution in [0, 0.1) is 0 Å². The van der Waals surface area contributed by atoms with Gasteiger partial charge >= 0.3 is 0 Å². The summed E-state index contributed by atoms with van der Waals surface area (Å²) >= 11 is 0. The fourth-order valence-electron chi connectivity index (χ4n) is 2.22. The van der Waals surface area contributed by atoms with E-state index in [9.17, 15) is 19.2 Å². The van der Waals surface area contributed by atoms with Crippen molar-refractivity contribution in [2.24, 2.45) is 0 Å². The van der Waals surface area contributed by atoms with Crippen molar-refractivity contribution in [2.45, 2.75) is 25.7 Å². The Labute approximate surface area is 270 Å². The molecule has 0 aromatic carbocycles. The SMILES string of the molecule is CN(CCN(CC[C-]=O)CC[C-]=O)CCN(CC[C-]=O)CC[C-]=O.[Y].[Y].[Y].[Y]. The molecule has 0 aromatic rings. The number of nitrogens with zero attached hydrogens (tertiary/aromatic N) is 3. The van der Waals surface area contributed by atoms with Crippen LogP contribution in [-0.4, -0.2) is 99.3 Å². The Hall–Kier alpha value is 2.98. The van der Waals surface area contributed by atoms with Crippen LogP contribution >= 0.6 is 0 Å². The molecule has 0 N–H and O–H groups in total. The minimum atomic E-state index is 0. The Kier molecular flexibility index (Phi) is 47.4. The zero-order valence-electron chi connectivity index (χ0n) is 16.8. The van der Waals surface area contributed by atoms with Gasteiger partial charge in [-0.1, -0.05) is 0 Å². The Morgan fingerprint density at radius 1 is 0.464 bits per heavy atom. The molecule has 0 aliphatic heterocycles. The summed E-state index contributed by atoms with van der Waals surface area (Å²) in [6, 6.07) is 0. The van der Waals surface area contributed by atoms with Gasteiger partial charge in [-0.15, -0.1) is 25.7 Å². The number of rotatable bonds is 18. The van der Waals surface area contributed by atoms with Crippen LogP contribution in [0.3, 0.4) is 0 Å². The molecule has 0 spiro atoms. The zero-order valence-corrected chi connectivity index (χ0v) is 28.1. The van der Waals surface area contributed by atoms with Crippen molar-refractivity contribution in [3.05, 3.63) is 0 Å². The van der Waals surface area contributed by atoms with E-state index in [-0.39, 0.29) is 131 Å². The first-order chi connectivity index (χ1) is 11.7. The molecule has 0 fully saturated rings. The van der Waals surface area contributed by atoms with Gasteiger partial charge in [-0.25, -0.2) is 0 Å². The summed E-state index contributed by atoms with van der Waals surface area (Å²) in [4.78, 5) is 47.7. The van der Waals surface area contributed by atoms with E-state index < -0.39 is 0 Å². The summed E-state index contributed by atoms with van der Waals surface area (Å²) < 4.78 is 0. The predicted octanol–water partition coefficient (Wildman–Crippen LogP) is -0.489. The van der Waals surface area contributed by atoms with Crippen LogP contribution in [0.2, 0.25) is 0 Å². The van der Waals surface area contributed by atoms with E-state index >= 15 is 0 Å². The molecule has 150 valence electrons. The van der Waals surface area contributed by atoms with Gasteiger partial charge in [0.05, 0.1) is 0 Å². The Morgan fingerprint density at radius 3 is 0.929 bits per heavy atom. The predicted molar refractivity (Wildman–Crippen MR) is 91.6 cm³/mol. The summed E-state index contributed by atoms with van der Waals surface area (Å²) in [6.07, 6.45) is 8.81. The molecule has 0 rings (SSSR count). The molecule has 0 aromatic heterocycles. The molecule has 11 heteroatoms. The molecule has 7 nitrogen and oxygen atoms in total. The second kappa shape index (κ2) is 32.2. The molecule has 0 aliphatic rings. The van der Waals surface area contributed by atoms with Crippen LogP contribution < -0.4 is 0 Å². The summed E-state index contributed by atoms with van der Waals surface area (Å²) in [7, 11) is 1.99. The molecular weight excluding hydrogens is 666 g/mol. The maximum Gasteiger partial charge on any atom is 0.0107 e. The largest absolute Gasteiger partial charge is 0.542 e. The number of hydrogen-bond acceptors (Lipinski definition) is 7. The average molecular weight is 693 g/mol. The van der Waals surface area contributed by atoms with E-state index in [1.165, 1.54) is 0 Å². The summed E-state index contributed by atoms with van der Waals surface area (Å²) in [5.74, 6) is 0. The summed E-state index contributed by atoms with van der Waals surface area (Å²) in [6.45, 7) is 5.47. The van der Waals surface area contributed by atoms with E-state index in [2.05, 4.69) is 4.90 Å². The van der Waals surface area contributed by atoms with E-state index in [4.69, 9.17) is 0 Å². The molecule has 0 unspecified atom stereocenters. The van der Waals surface area contributed by atoms with E-state index in [0.29, 0.717) is 51.9 Å². The molecular formula is C17H27N3O4Y4-4. The van der Waals surface area contributed by atoms with Crippen molar-refractivity contribution in [3.8, 4) is 0 Å². The van der Waals surface area contributed by atoms with Gasteiger partial charge in [0.15, 0.2) is 0 Å². The van der Waals surface area contributed by atoms with Gasteiger partial charge in [0.25, 0.3) is 0 Å². The zero-order chi connectivity index (χ0) is 18.0. The standard InChI is InChI=1S/C17H27N3O4.4Y/c1-18(10-12-19(6-2-14-21)7-3-15-22)11-13-20(8-4-16-23)9-5-17-24;;;;/h2-13H2,1H3;;;;/q-4;;;;. The van der Waals surface area contributed by atoms with Crippen molar-refractivity contribution in [2.75, 3.05) is 59.4 Å². The van der Waals surface area contributed by atoms with Gasteiger partial charge in [-0.2, -0.15) is 0 Å². The third kappa shape index (κ3) is 27.0. The molecule has 0 bridgehead atoms. The van der Waals surface area contributed by atoms with Gasteiger partial charge in [-0.3, -0.25) is 25.1 Å². The van der Waals surface area contributed by atoms with Crippen LogP contribution in [0.5, 0.6) is 0 Å². The Morgan fingerprint density at radius 2 is 0.714 bits per heavy atom. The van der Waals surface area contributed by atoms with Crippen LogP contribution in [0.1, 0.15) is 25.7 Å². The first-order valence-electron chi connectivity index (χ1n) is 8.21. The van der Waals surface area contributed by atoms with E-state index in [0.717, 1.165) is 26.2 Å². The molecule has 0 atom stereocenters. The van der Waals surface area contributed by atoms with Gasteiger partial charge in [-0.05, 0) is 33.2 Å². The minimum Gasteiger partial charge on any atom is -0.542 e. The Balaban J connectivity index is -0.000000441. The fourth-order valence-corrected chi connectivity index (χ4v) is 2.22. The monoisotopic (exact) mass is 693 g/mol. The van der Waals surface area contributed by atoms with Gasteiger partial charge in [0.1, 0.15) is 0 Å². The number of hydrogen-bond donors (Lipinski definition) is 0. The number of carbonyl (C=O) groups excluding carboxylic acids is 4. The van der Waals surface area contributed by atoms with Crippen molar-refractivity contribution < 1.29 is 150 Å². The van der Waals surface area contributed by atoms with E-state index in [1.54, 1.807) is 0 Å². The first-order valence-corrected chi connectivity index (χ1v) is 8.21. The summed E-state index contributed by atoms with van der Waals surface area (Å²) in [5, 5.41) is 0.